The molecule has 4 heteroatoms. The highest BCUT2D eigenvalue weighted by Gasteiger charge is 2.18. The van der Waals surface area contributed by atoms with E-state index in [-0.39, 0.29) is 5.91 Å². The first-order valence-corrected chi connectivity index (χ1v) is 5.91. The molecule has 15 heavy (non-hydrogen) atoms. The van der Waals surface area contributed by atoms with Crippen LogP contribution in [0.4, 0.5) is 0 Å². The third kappa shape index (κ3) is 5.14. The number of likely N-dealkylation sites (tertiary alicyclic amines) is 1. The second-order valence-corrected chi connectivity index (χ2v) is 4.35. The average Bonchev–Trinajstić information content (AvgIpc) is 2.18. The van der Waals surface area contributed by atoms with Gasteiger partial charge in [-0.05, 0) is 39.4 Å². The van der Waals surface area contributed by atoms with Crippen LogP contribution >= 0.6 is 0 Å². The molecule has 0 aromatic carbocycles. The molecule has 0 radical (unpaired) electrons. The van der Waals surface area contributed by atoms with Crippen LogP contribution in [-0.4, -0.2) is 50.1 Å². The fraction of sp³-hybridized carbons (Fsp3) is 0.909. The van der Waals surface area contributed by atoms with Gasteiger partial charge in [0.1, 0.15) is 0 Å². The number of amides is 1. The average molecular weight is 213 g/mol. The first-order valence-electron chi connectivity index (χ1n) is 5.91. The molecule has 0 aliphatic carbocycles. The van der Waals surface area contributed by atoms with Crippen molar-refractivity contribution >= 4 is 5.91 Å². The Morgan fingerprint density at radius 1 is 1.53 bits per heavy atom. The van der Waals surface area contributed by atoms with E-state index in [0.29, 0.717) is 12.6 Å². The maximum Gasteiger partial charge on any atom is 0.234 e. The first-order chi connectivity index (χ1) is 7.22. The van der Waals surface area contributed by atoms with Crippen molar-refractivity contribution in [2.75, 3.05) is 33.2 Å². The number of piperidine rings is 1. The largest absolute Gasteiger partial charge is 0.351 e. The molecule has 1 fully saturated rings. The SMILES string of the molecule is CCCNCC(=O)NC1CCCN(C)C1. The van der Waals surface area contributed by atoms with E-state index in [2.05, 4.69) is 29.5 Å². The molecule has 0 aromatic heterocycles. The topological polar surface area (TPSA) is 44.4 Å². The Hall–Kier alpha value is -0.610. The second kappa shape index (κ2) is 6.80. The normalized spacial score (nSPS) is 22.7. The van der Waals surface area contributed by atoms with E-state index in [1.54, 1.807) is 0 Å². The van der Waals surface area contributed by atoms with Crippen LogP contribution in [0.2, 0.25) is 0 Å². The van der Waals surface area contributed by atoms with E-state index in [0.717, 1.165) is 32.5 Å². The molecule has 1 saturated heterocycles. The Morgan fingerprint density at radius 3 is 3.00 bits per heavy atom. The summed E-state index contributed by atoms with van der Waals surface area (Å²) < 4.78 is 0. The zero-order valence-corrected chi connectivity index (χ0v) is 9.88. The summed E-state index contributed by atoms with van der Waals surface area (Å²) >= 11 is 0. The van der Waals surface area contributed by atoms with Gasteiger partial charge in [-0.25, -0.2) is 0 Å². The van der Waals surface area contributed by atoms with Crippen molar-refractivity contribution in [3.8, 4) is 0 Å². The molecular weight excluding hydrogens is 190 g/mol. The first kappa shape index (κ1) is 12.5. The Kier molecular flexibility index (Phi) is 5.65. The summed E-state index contributed by atoms with van der Waals surface area (Å²) in [5, 5.41) is 6.18. The number of carbonyl (C=O) groups is 1. The van der Waals surface area contributed by atoms with Gasteiger partial charge < -0.3 is 15.5 Å². The number of carbonyl (C=O) groups excluding carboxylic acids is 1. The van der Waals surface area contributed by atoms with Crippen molar-refractivity contribution in [2.45, 2.75) is 32.2 Å². The van der Waals surface area contributed by atoms with Gasteiger partial charge in [0.25, 0.3) is 0 Å². The molecule has 1 unspecified atom stereocenters. The van der Waals surface area contributed by atoms with E-state index in [1.807, 2.05) is 0 Å². The molecule has 1 amide bonds. The van der Waals surface area contributed by atoms with Gasteiger partial charge in [0, 0.05) is 12.6 Å². The number of likely N-dealkylation sites (N-methyl/N-ethyl adjacent to an activating group) is 1. The quantitative estimate of drug-likeness (QED) is 0.641. The summed E-state index contributed by atoms with van der Waals surface area (Å²) in [6, 6.07) is 0.347. The molecule has 0 bridgehead atoms. The van der Waals surface area contributed by atoms with Crippen molar-refractivity contribution in [3.05, 3.63) is 0 Å². The summed E-state index contributed by atoms with van der Waals surface area (Å²) in [5.41, 5.74) is 0. The van der Waals surface area contributed by atoms with Gasteiger partial charge in [0.05, 0.1) is 6.54 Å². The van der Waals surface area contributed by atoms with E-state index in [4.69, 9.17) is 0 Å². The lowest BCUT2D eigenvalue weighted by atomic mass is 10.1. The predicted molar refractivity (Wildman–Crippen MR) is 61.8 cm³/mol. The third-order valence-corrected chi connectivity index (χ3v) is 2.70. The molecule has 1 aliphatic heterocycles. The smallest absolute Gasteiger partial charge is 0.234 e. The highest BCUT2D eigenvalue weighted by atomic mass is 16.2. The predicted octanol–water partition coefficient (Wildman–Crippen LogP) is 0.196. The zero-order valence-electron chi connectivity index (χ0n) is 9.88. The minimum Gasteiger partial charge on any atom is -0.351 e. The standard InChI is InChI=1S/C11H23N3O/c1-3-6-12-8-11(15)13-10-5-4-7-14(2)9-10/h10,12H,3-9H2,1-2H3,(H,13,15). The van der Waals surface area contributed by atoms with Crippen LogP contribution in [-0.2, 0) is 4.79 Å². The van der Waals surface area contributed by atoms with Crippen molar-refractivity contribution < 1.29 is 4.79 Å². The van der Waals surface area contributed by atoms with Gasteiger partial charge in [-0.1, -0.05) is 6.92 Å². The number of hydrogen-bond donors (Lipinski definition) is 2. The lowest BCUT2D eigenvalue weighted by molar-refractivity contribution is -0.121. The fourth-order valence-electron chi connectivity index (χ4n) is 1.94. The fourth-order valence-corrected chi connectivity index (χ4v) is 1.94. The van der Waals surface area contributed by atoms with E-state index in [1.165, 1.54) is 6.42 Å². The van der Waals surface area contributed by atoms with Gasteiger partial charge in [-0.15, -0.1) is 0 Å². The summed E-state index contributed by atoms with van der Waals surface area (Å²) in [6.45, 7) is 5.60. The second-order valence-electron chi connectivity index (χ2n) is 4.35. The maximum absolute atomic E-state index is 11.5. The monoisotopic (exact) mass is 213 g/mol. The van der Waals surface area contributed by atoms with Gasteiger partial charge in [-0.3, -0.25) is 4.79 Å². The summed E-state index contributed by atoms with van der Waals surface area (Å²) in [5.74, 6) is 0.128. The van der Waals surface area contributed by atoms with Crippen LogP contribution in [0.3, 0.4) is 0 Å². The Bertz CT molecular complexity index is 196. The number of nitrogens with zero attached hydrogens (tertiary/aromatic N) is 1. The highest BCUT2D eigenvalue weighted by molar-refractivity contribution is 5.78. The molecule has 0 aromatic rings. The van der Waals surface area contributed by atoms with E-state index < -0.39 is 0 Å². The lowest BCUT2D eigenvalue weighted by Crippen LogP contribution is -2.48. The van der Waals surface area contributed by atoms with Crippen LogP contribution in [0, 0.1) is 0 Å². The van der Waals surface area contributed by atoms with Crippen LogP contribution in [0.25, 0.3) is 0 Å². The number of hydrogen-bond acceptors (Lipinski definition) is 3. The summed E-state index contributed by atoms with van der Waals surface area (Å²) in [4.78, 5) is 13.8. The molecule has 88 valence electrons. The highest BCUT2D eigenvalue weighted by Crippen LogP contribution is 2.07. The van der Waals surface area contributed by atoms with Crippen LogP contribution in [0.5, 0.6) is 0 Å². The van der Waals surface area contributed by atoms with Crippen LogP contribution in [0.15, 0.2) is 0 Å². The van der Waals surface area contributed by atoms with Gasteiger partial charge in [0.15, 0.2) is 0 Å². The molecule has 1 atom stereocenters. The van der Waals surface area contributed by atoms with Gasteiger partial charge >= 0.3 is 0 Å². The van der Waals surface area contributed by atoms with E-state index >= 15 is 0 Å². The molecule has 1 heterocycles. The molecule has 0 spiro atoms. The molecule has 4 nitrogen and oxygen atoms in total. The lowest BCUT2D eigenvalue weighted by Gasteiger charge is -2.30. The van der Waals surface area contributed by atoms with Crippen molar-refractivity contribution in [1.82, 2.24) is 15.5 Å². The zero-order chi connectivity index (χ0) is 11.1. The van der Waals surface area contributed by atoms with Crippen molar-refractivity contribution in [1.29, 1.82) is 0 Å². The van der Waals surface area contributed by atoms with Crippen LogP contribution < -0.4 is 10.6 Å². The molecule has 2 N–H and O–H groups in total. The number of rotatable bonds is 5. The third-order valence-electron chi connectivity index (χ3n) is 2.70. The summed E-state index contributed by atoms with van der Waals surface area (Å²) in [7, 11) is 2.10. The minimum atomic E-state index is 0.128. The Morgan fingerprint density at radius 2 is 2.33 bits per heavy atom. The minimum absolute atomic E-state index is 0.128. The van der Waals surface area contributed by atoms with Crippen LogP contribution in [0.1, 0.15) is 26.2 Å². The molecular formula is C11H23N3O. The van der Waals surface area contributed by atoms with Gasteiger partial charge in [0.2, 0.25) is 5.91 Å². The number of nitrogens with one attached hydrogen (secondary N) is 2. The molecule has 1 rings (SSSR count). The van der Waals surface area contributed by atoms with E-state index in [9.17, 15) is 4.79 Å². The Labute approximate surface area is 92.4 Å². The van der Waals surface area contributed by atoms with Gasteiger partial charge in [-0.2, -0.15) is 0 Å². The maximum atomic E-state index is 11.5. The van der Waals surface area contributed by atoms with Crippen molar-refractivity contribution in [3.63, 3.8) is 0 Å². The van der Waals surface area contributed by atoms with Crippen molar-refractivity contribution in [2.24, 2.45) is 0 Å². The molecule has 0 saturated carbocycles. The Balaban J connectivity index is 2.13. The molecule has 1 aliphatic rings. The summed E-state index contributed by atoms with van der Waals surface area (Å²) in [6.07, 6.45) is 3.37.